The van der Waals surface area contributed by atoms with Crippen LogP contribution in [0.5, 0.6) is 0 Å². The summed E-state index contributed by atoms with van der Waals surface area (Å²) in [6, 6.07) is 47.5. The van der Waals surface area contributed by atoms with E-state index in [1.807, 2.05) is 158 Å². The van der Waals surface area contributed by atoms with Crippen LogP contribution in [-0.2, 0) is 40.3 Å². The highest BCUT2D eigenvalue weighted by Crippen LogP contribution is 2.41. The van der Waals surface area contributed by atoms with Crippen LogP contribution in [-0.4, -0.2) is 68.1 Å². The first-order valence-electron chi connectivity index (χ1n) is 19.6. The van der Waals surface area contributed by atoms with Gasteiger partial charge in [0, 0.05) is 5.38 Å². The van der Waals surface area contributed by atoms with Crippen molar-refractivity contribution in [2.75, 3.05) is 24.4 Å². The van der Waals surface area contributed by atoms with Crippen LogP contribution in [0.2, 0.25) is 0 Å². The summed E-state index contributed by atoms with van der Waals surface area (Å²) in [5, 5.41) is 13.3. The molecule has 8 rings (SSSR count). The number of nitrogens with one attached hydrogen (secondary N) is 2. The fourth-order valence-corrected chi connectivity index (χ4v) is 10.4. The highest BCUT2D eigenvalue weighted by molar-refractivity contribution is 8.01. The summed E-state index contributed by atoms with van der Waals surface area (Å²) in [7, 11) is -0.398. The zero-order valence-corrected chi connectivity index (χ0v) is 36.1. The lowest BCUT2D eigenvalue weighted by atomic mass is 9.77. The normalized spacial score (nSPS) is 17.7. The number of allylic oxidation sites excluding steroid dienone is 1. The first-order chi connectivity index (χ1) is 30.3. The Morgan fingerprint density at radius 3 is 1.87 bits per heavy atom. The average molecular weight is 880 g/mol. The standard InChI is InChI=1S/C48H41N5O6S3/c1-58-52-39(38-30-61-47(49-38)51-48(35-22-12-5-13-23-35,36-24-14-6-15-25-36)37-26-16-7-17-27-37)43(54)50-40-44(55)53-41(34(28-29-60-2)31-62(57)45(40)53)46(56)59-42(32-18-8-3-9-19-32)33-20-10-4-11-21-33/h3-30,40,42,45H,31H2,1-2H3,(H,49,51)(H,50,54)/b29-28+,52-39+. The Balaban J connectivity index is 1.07. The van der Waals surface area contributed by atoms with Gasteiger partial charge in [0.25, 0.3) is 11.8 Å². The third-order valence-electron chi connectivity index (χ3n) is 10.5. The van der Waals surface area contributed by atoms with Gasteiger partial charge in [0.15, 0.2) is 16.9 Å². The Morgan fingerprint density at radius 2 is 1.37 bits per heavy atom. The Kier molecular flexibility index (Phi) is 12.9. The highest BCUT2D eigenvalue weighted by atomic mass is 32.2. The van der Waals surface area contributed by atoms with Crippen molar-refractivity contribution in [2.24, 2.45) is 5.16 Å². The molecule has 0 aliphatic carbocycles. The van der Waals surface area contributed by atoms with E-state index >= 15 is 0 Å². The Morgan fingerprint density at radius 1 is 0.855 bits per heavy atom. The first-order valence-corrected chi connectivity index (χ1v) is 23.1. The van der Waals surface area contributed by atoms with Crippen molar-refractivity contribution in [3.8, 4) is 0 Å². The minimum absolute atomic E-state index is 0.0213. The van der Waals surface area contributed by atoms with Gasteiger partial charge >= 0.3 is 5.97 Å². The van der Waals surface area contributed by atoms with Crippen LogP contribution < -0.4 is 10.6 Å². The number of thiazole rings is 1. The summed E-state index contributed by atoms with van der Waals surface area (Å²) < 4.78 is 20.1. The number of esters is 1. The third kappa shape index (κ3) is 8.36. The molecule has 2 aliphatic heterocycles. The van der Waals surface area contributed by atoms with Gasteiger partial charge in [0.05, 0.1) is 16.6 Å². The maximum atomic E-state index is 14.3. The smallest absolute Gasteiger partial charge is 0.356 e. The predicted octanol–water partition coefficient (Wildman–Crippen LogP) is 7.78. The molecule has 14 heteroatoms. The number of amides is 2. The number of benzene rings is 5. The van der Waals surface area contributed by atoms with Gasteiger partial charge in [-0.05, 0) is 51.1 Å². The molecule has 62 heavy (non-hydrogen) atoms. The van der Waals surface area contributed by atoms with Crippen molar-refractivity contribution in [2.45, 2.75) is 23.1 Å². The maximum absolute atomic E-state index is 14.3. The molecule has 2 N–H and O–H groups in total. The van der Waals surface area contributed by atoms with Gasteiger partial charge in [-0.3, -0.25) is 18.7 Å². The van der Waals surface area contributed by atoms with Crippen LogP contribution in [0.3, 0.4) is 0 Å². The van der Waals surface area contributed by atoms with Gasteiger partial charge in [-0.1, -0.05) is 157 Å². The van der Waals surface area contributed by atoms with Gasteiger partial charge in [-0.2, -0.15) is 0 Å². The van der Waals surface area contributed by atoms with E-state index in [9.17, 15) is 18.6 Å². The zero-order valence-electron chi connectivity index (χ0n) is 33.6. The van der Waals surface area contributed by atoms with Crippen molar-refractivity contribution in [3.05, 3.63) is 213 Å². The number of carbonyl (C=O) groups excluding carboxylic acids is 3. The SMILES string of the molecule is CO/N=C(/C(=O)NC1C(=O)N2C(C(=O)OC(c3ccccc3)c3ccccc3)=C(/C=C/SC)CS(=O)C12)c1csc(NC(c2ccccc2)(c2ccccc2)c2ccccc2)n1. The summed E-state index contributed by atoms with van der Waals surface area (Å²) in [6.07, 6.45) is 2.74. The number of oxime groups is 1. The summed E-state index contributed by atoms with van der Waals surface area (Å²) in [5.74, 6) is -2.20. The van der Waals surface area contributed by atoms with Crippen molar-refractivity contribution < 1.29 is 28.2 Å². The van der Waals surface area contributed by atoms with E-state index in [1.54, 1.807) is 16.9 Å². The number of fused-ring (bicyclic) bond motifs is 1. The molecule has 1 aromatic heterocycles. The van der Waals surface area contributed by atoms with Gasteiger partial charge < -0.3 is 20.2 Å². The van der Waals surface area contributed by atoms with E-state index in [0.29, 0.717) is 10.7 Å². The summed E-state index contributed by atoms with van der Waals surface area (Å²) >= 11 is 2.67. The van der Waals surface area contributed by atoms with E-state index in [2.05, 4.69) is 15.8 Å². The van der Waals surface area contributed by atoms with Gasteiger partial charge in [0.1, 0.15) is 35.5 Å². The van der Waals surface area contributed by atoms with Gasteiger partial charge in [0.2, 0.25) is 0 Å². The summed E-state index contributed by atoms with van der Waals surface area (Å²) in [5.41, 5.74) is 3.85. The Bertz CT molecular complexity index is 2520. The fourth-order valence-electron chi connectivity index (χ4n) is 7.71. The molecule has 0 saturated carbocycles. The van der Waals surface area contributed by atoms with E-state index < -0.39 is 51.6 Å². The van der Waals surface area contributed by atoms with Crippen molar-refractivity contribution >= 4 is 62.5 Å². The lowest BCUT2D eigenvalue weighted by Gasteiger charge is -2.49. The molecule has 0 bridgehead atoms. The minimum atomic E-state index is -1.70. The van der Waals surface area contributed by atoms with Crippen molar-refractivity contribution in [3.63, 3.8) is 0 Å². The number of nitrogens with zero attached hydrogens (tertiary/aromatic N) is 3. The van der Waals surface area contributed by atoms with Crippen LogP contribution in [0.1, 0.15) is 39.6 Å². The molecule has 2 amide bonds. The van der Waals surface area contributed by atoms with Crippen molar-refractivity contribution in [1.29, 1.82) is 0 Å². The molecule has 2 aliphatic rings. The monoisotopic (exact) mass is 879 g/mol. The lowest BCUT2D eigenvalue weighted by molar-refractivity contribution is -0.154. The molecule has 3 atom stereocenters. The van der Waals surface area contributed by atoms with Crippen molar-refractivity contribution in [1.82, 2.24) is 15.2 Å². The molecule has 11 nitrogen and oxygen atoms in total. The molecule has 3 unspecified atom stereocenters. The van der Waals surface area contributed by atoms with E-state index in [1.165, 1.54) is 35.1 Å². The highest BCUT2D eigenvalue weighted by Gasteiger charge is 2.57. The molecule has 0 spiro atoms. The van der Waals surface area contributed by atoms with E-state index in [0.717, 1.165) is 27.8 Å². The minimum Gasteiger partial charge on any atom is -0.448 e. The number of β-lactam (4-membered cyclic amide) rings is 1. The van der Waals surface area contributed by atoms with Gasteiger partial charge in [-0.15, -0.1) is 23.1 Å². The molecular formula is C48H41N5O6S3. The second-order valence-corrected chi connectivity index (χ2v) is 17.4. The second kappa shape index (κ2) is 19.0. The zero-order chi connectivity index (χ0) is 43.1. The number of ether oxygens (including phenoxy) is 1. The number of hydrogen-bond donors (Lipinski definition) is 2. The van der Waals surface area contributed by atoms with Crippen LogP contribution in [0, 0.1) is 0 Å². The Hall–Kier alpha value is -6.61. The Labute approximate surface area is 370 Å². The van der Waals surface area contributed by atoms with Crippen LogP contribution >= 0.6 is 23.1 Å². The van der Waals surface area contributed by atoms with Crippen LogP contribution in [0.25, 0.3) is 0 Å². The van der Waals surface area contributed by atoms with E-state index in [-0.39, 0.29) is 22.9 Å². The lowest BCUT2D eigenvalue weighted by Crippen LogP contribution is -2.74. The van der Waals surface area contributed by atoms with E-state index in [4.69, 9.17) is 14.6 Å². The van der Waals surface area contributed by atoms with Crippen LogP contribution in [0.4, 0.5) is 5.13 Å². The molecule has 1 saturated heterocycles. The number of carbonyl (C=O) groups is 3. The number of aromatic nitrogens is 1. The molecular weight excluding hydrogens is 839 g/mol. The molecule has 3 heterocycles. The van der Waals surface area contributed by atoms with Gasteiger partial charge in [-0.25, -0.2) is 9.78 Å². The summed E-state index contributed by atoms with van der Waals surface area (Å²) in [4.78, 5) is 53.7. The molecule has 312 valence electrons. The first kappa shape index (κ1) is 42.1. The predicted molar refractivity (Wildman–Crippen MR) is 245 cm³/mol. The number of rotatable bonds is 15. The third-order valence-corrected chi connectivity index (χ3v) is 13.3. The number of anilines is 1. The quantitative estimate of drug-likeness (QED) is 0.0348. The summed E-state index contributed by atoms with van der Waals surface area (Å²) in [6.45, 7) is 0. The van der Waals surface area contributed by atoms with Crippen LogP contribution in [0.15, 0.2) is 185 Å². The molecule has 5 aromatic carbocycles. The fraction of sp³-hybridized carbons (Fsp3) is 0.146. The molecule has 6 aromatic rings. The largest absolute Gasteiger partial charge is 0.448 e. The molecule has 0 radical (unpaired) electrons. The maximum Gasteiger partial charge on any atom is 0.356 e. The second-order valence-electron chi connectivity index (χ2n) is 14.2. The topological polar surface area (TPSA) is 139 Å². The number of thioether (sulfide) groups is 1. The average Bonchev–Trinajstić information content (AvgIpc) is 3.79. The number of hydrogen-bond acceptors (Lipinski definition) is 11. The molecule has 1 fully saturated rings.